The first-order chi connectivity index (χ1) is 7.59. The summed E-state index contributed by atoms with van der Waals surface area (Å²) >= 11 is 1.50. The first-order valence-electron chi connectivity index (χ1n) is 4.83. The first kappa shape index (κ1) is 11.2. The van der Waals surface area contributed by atoms with E-state index < -0.39 is 17.7 Å². The number of hydrogen-bond donors (Lipinski definition) is 1. The summed E-state index contributed by atoms with van der Waals surface area (Å²) in [6.45, 7) is 1.60. The predicted molar refractivity (Wildman–Crippen MR) is 61.4 cm³/mol. The van der Waals surface area contributed by atoms with E-state index in [1.54, 1.807) is 6.92 Å². The molecular formula is C12H11F2NS. The summed E-state index contributed by atoms with van der Waals surface area (Å²) in [6, 6.07) is 3.66. The molecule has 16 heavy (non-hydrogen) atoms. The molecule has 1 atom stereocenters. The van der Waals surface area contributed by atoms with Crippen molar-refractivity contribution in [3.8, 4) is 0 Å². The van der Waals surface area contributed by atoms with Gasteiger partial charge >= 0.3 is 0 Å². The van der Waals surface area contributed by atoms with Crippen LogP contribution in [0.4, 0.5) is 8.78 Å². The molecule has 1 aromatic heterocycles. The molecule has 1 unspecified atom stereocenters. The standard InChI is InChI=1S/C12H11F2NS/c1-7-4-9(11(14)5-10(7)13)12(15)8-2-3-16-6-8/h2-6,12H,15H2,1H3. The molecule has 2 aromatic rings. The number of rotatable bonds is 2. The van der Waals surface area contributed by atoms with Crippen molar-refractivity contribution in [1.29, 1.82) is 0 Å². The summed E-state index contributed by atoms with van der Waals surface area (Å²) in [5.41, 5.74) is 7.50. The second-order valence-corrected chi connectivity index (χ2v) is 4.44. The zero-order chi connectivity index (χ0) is 11.7. The summed E-state index contributed by atoms with van der Waals surface area (Å²) in [4.78, 5) is 0. The van der Waals surface area contributed by atoms with E-state index in [0.29, 0.717) is 11.1 Å². The molecule has 4 heteroatoms. The SMILES string of the molecule is Cc1cc(C(N)c2ccsc2)c(F)cc1F. The van der Waals surface area contributed by atoms with Crippen molar-refractivity contribution in [3.63, 3.8) is 0 Å². The molecular weight excluding hydrogens is 228 g/mol. The Bertz CT molecular complexity index is 494. The third-order valence-electron chi connectivity index (χ3n) is 2.52. The quantitative estimate of drug-likeness (QED) is 0.854. The number of aryl methyl sites for hydroxylation is 1. The Balaban J connectivity index is 2.44. The highest BCUT2D eigenvalue weighted by atomic mass is 32.1. The van der Waals surface area contributed by atoms with Gasteiger partial charge in [-0.25, -0.2) is 8.78 Å². The molecule has 1 aromatic carbocycles. The Morgan fingerprint density at radius 3 is 2.62 bits per heavy atom. The highest BCUT2D eigenvalue weighted by molar-refractivity contribution is 7.08. The third-order valence-corrected chi connectivity index (χ3v) is 3.22. The second-order valence-electron chi connectivity index (χ2n) is 3.66. The van der Waals surface area contributed by atoms with Crippen molar-refractivity contribution < 1.29 is 8.78 Å². The molecule has 1 nitrogen and oxygen atoms in total. The number of halogens is 2. The number of nitrogens with two attached hydrogens (primary N) is 1. The van der Waals surface area contributed by atoms with Crippen LogP contribution in [-0.4, -0.2) is 0 Å². The van der Waals surface area contributed by atoms with Crippen LogP contribution in [0.1, 0.15) is 22.7 Å². The highest BCUT2D eigenvalue weighted by Crippen LogP contribution is 2.25. The van der Waals surface area contributed by atoms with E-state index >= 15 is 0 Å². The third kappa shape index (κ3) is 1.99. The summed E-state index contributed by atoms with van der Waals surface area (Å²) in [5.74, 6) is -1.14. The zero-order valence-electron chi connectivity index (χ0n) is 8.71. The van der Waals surface area contributed by atoms with E-state index in [0.717, 1.165) is 11.6 Å². The van der Waals surface area contributed by atoms with Crippen molar-refractivity contribution >= 4 is 11.3 Å². The van der Waals surface area contributed by atoms with Gasteiger partial charge in [-0.05, 0) is 40.9 Å². The maximum atomic E-state index is 13.6. The van der Waals surface area contributed by atoms with Crippen molar-refractivity contribution in [2.75, 3.05) is 0 Å². The van der Waals surface area contributed by atoms with E-state index in [-0.39, 0.29) is 0 Å². The first-order valence-corrected chi connectivity index (χ1v) is 5.77. The van der Waals surface area contributed by atoms with Crippen molar-refractivity contribution in [2.45, 2.75) is 13.0 Å². The van der Waals surface area contributed by atoms with Crippen molar-refractivity contribution in [3.05, 3.63) is 57.3 Å². The molecule has 0 saturated heterocycles. The largest absolute Gasteiger partial charge is 0.320 e. The normalized spacial score (nSPS) is 12.8. The lowest BCUT2D eigenvalue weighted by molar-refractivity contribution is 0.561. The Morgan fingerprint density at radius 2 is 2.00 bits per heavy atom. The van der Waals surface area contributed by atoms with Gasteiger partial charge in [0.1, 0.15) is 11.6 Å². The van der Waals surface area contributed by atoms with Crippen molar-refractivity contribution in [2.24, 2.45) is 5.73 Å². The summed E-state index contributed by atoms with van der Waals surface area (Å²) in [7, 11) is 0. The Hall–Kier alpha value is -1.26. The fraction of sp³-hybridized carbons (Fsp3) is 0.167. The molecule has 0 amide bonds. The Labute approximate surface area is 96.5 Å². The Kier molecular flexibility index (Phi) is 3.03. The molecule has 0 radical (unpaired) electrons. The van der Waals surface area contributed by atoms with Gasteiger partial charge in [0, 0.05) is 11.6 Å². The van der Waals surface area contributed by atoms with Crippen LogP contribution in [0.15, 0.2) is 29.0 Å². The lowest BCUT2D eigenvalue weighted by Crippen LogP contribution is -2.13. The van der Waals surface area contributed by atoms with Crippen LogP contribution in [0.25, 0.3) is 0 Å². The van der Waals surface area contributed by atoms with Crippen LogP contribution in [-0.2, 0) is 0 Å². The lowest BCUT2D eigenvalue weighted by atomic mass is 9.99. The van der Waals surface area contributed by atoms with E-state index in [9.17, 15) is 8.78 Å². The van der Waals surface area contributed by atoms with Gasteiger partial charge in [0.25, 0.3) is 0 Å². The van der Waals surface area contributed by atoms with Crippen LogP contribution in [0, 0.1) is 18.6 Å². The minimum Gasteiger partial charge on any atom is -0.320 e. The van der Waals surface area contributed by atoms with Crippen molar-refractivity contribution in [1.82, 2.24) is 0 Å². The molecule has 0 aliphatic heterocycles. The summed E-state index contributed by atoms with van der Waals surface area (Å²) in [5, 5.41) is 3.74. The predicted octanol–water partition coefficient (Wildman–Crippen LogP) is 3.38. The van der Waals surface area contributed by atoms with Gasteiger partial charge in [-0.2, -0.15) is 11.3 Å². The van der Waals surface area contributed by atoms with Gasteiger partial charge in [-0.15, -0.1) is 0 Å². The topological polar surface area (TPSA) is 26.0 Å². The minimum atomic E-state index is -0.596. The number of hydrogen-bond acceptors (Lipinski definition) is 2. The van der Waals surface area contributed by atoms with Gasteiger partial charge in [0.05, 0.1) is 6.04 Å². The maximum Gasteiger partial charge on any atom is 0.131 e. The van der Waals surface area contributed by atoms with Crippen LogP contribution in [0.3, 0.4) is 0 Å². The number of benzene rings is 1. The highest BCUT2D eigenvalue weighted by Gasteiger charge is 2.15. The van der Waals surface area contributed by atoms with E-state index in [2.05, 4.69) is 0 Å². The fourth-order valence-electron chi connectivity index (χ4n) is 1.55. The van der Waals surface area contributed by atoms with Gasteiger partial charge in [-0.1, -0.05) is 0 Å². The Morgan fingerprint density at radius 1 is 1.25 bits per heavy atom. The smallest absolute Gasteiger partial charge is 0.131 e. The lowest BCUT2D eigenvalue weighted by Gasteiger charge is -2.12. The fourth-order valence-corrected chi connectivity index (χ4v) is 2.25. The monoisotopic (exact) mass is 239 g/mol. The van der Waals surface area contributed by atoms with Crippen LogP contribution >= 0.6 is 11.3 Å². The summed E-state index contributed by atoms with van der Waals surface area (Å²) < 4.78 is 26.6. The van der Waals surface area contributed by atoms with Gasteiger partial charge in [-0.3, -0.25) is 0 Å². The van der Waals surface area contributed by atoms with E-state index in [1.807, 2.05) is 16.8 Å². The molecule has 84 valence electrons. The number of thiophene rings is 1. The molecule has 0 saturated carbocycles. The molecule has 0 aliphatic carbocycles. The van der Waals surface area contributed by atoms with Crippen LogP contribution in [0.5, 0.6) is 0 Å². The molecule has 1 heterocycles. The molecule has 0 bridgehead atoms. The average molecular weight is 239 g/mol. The zero-order valence-corrected chi connectivity index (χ0v) is 9.52. The van der Waals surface area contributed by atoms with Gasteiger partial charge < -0.3 is 5.73 Å². The van der Waals surface area contributed by atoms with Gasteiger partial charge in [0.15, 0.2) is 0 Å². The molecule has 0 aliphatic rings. The summed E-state index contributed by atoms with van der Waals surface area (Å²) in [6.07, 6.45) is 0. The van der Waals surface area contributed by atoms with E-state index in [4.69, 9.17) is 5.73 Å². The van der Waals surface area contributed by atoms with Gasteiger partial charge in [0.2, 0.25) is 0 Å². The van der Waals surface area contributed by atoms with Crippen LogP contribution in [0.2, 0.25) is 0 Å². The van der Waals surface area contributed by atoms with E-state index in [1.165, 1.54) is 17.4 Å². The molecule has 2 N–H and O–H groups in total. The molecule has 0 spiro atoms. The molecule has 2 rings (SSSR count). The van der Waals surface area contributed by atoms with Crippen LogP contribution < -0.4 is 5.73 Å². The minimum absolute atomic E-state index is 0.331. The second kappa shape index (κ2) is 4.31. The maximum absolute atomic E-state index is 13.6. The average Bonchev–Trinajstić information content (AvgIpc) is 2.75. The molecule has 0 fully saturated rings.